The van der Waals surface area contributed by atoms with Gasteiger partial charge in [0.2, 0.25) is 0 Å². The Morgan fingerprint density at radius 1 is 0.373 bits per heavy atom. The Labute approximate surface area is 301 Å². The van der Waals surface area contributed by atoms with Crippen LogP contribution in [0.25, 0.3) is 45.0 Å². The molecule has 0 aliphatic rings. The number of nitrogens with one attached hydrogen (secondary N) is 2. The van der Waals surface area contributed by atoms with Crippen molar-refractivity contribution in [2.45, 2.75) is 0 Å². The summed E-state index contributed by atoms with van der Waals surface area (Å²) in [5.74, 6) is 0. The number of pyridine rings is 3. The molecule has 51 heavy (non-hydrogen) atoms. The summed E-state index contributed by atoms with van der Waals surface area (Å²) < 4.78 is 0. The lowest BCUT2D eigenvalue weighted by Gasteiger charge is -2.17. The van der Waals surface area contributed by atoms with E-state index < -0.39 is 0 Å². The van der Waals surface area contributed by atoms with Gasteiger partial charge >= 0.3 is 0 Å². The Kier molecular flexibility index (Phi) is 10.6. The molecule has 246 valence electrons. The van der Waals surface area contributed by atoms with Crippen LogP contribution in [0.3, 0.4) is 0 Å². The maximum Gasteiger partial charge on any atom is 0.0730 e. The summed E-state index contributed by atoms with van der Waals surface area (Å²) in [5.41, 5.74) is 11.7. The van der Waals surface area contributed by atoms with Gasteiger partial charge in [0.15, 0.2) is 0 Å². The van der Waals surface area contributed by atoms with Gasteiger partial charge in [-0.25, -0.2) is 9.97 Å². The summed E-state index contributed by atoms with van der Waals surface area (Å²) >= 11 is 0. The minimum atomic E-state index is 0.911. The third-order valence-electron chi connectivity index (χ3n) is 8.10. The topological polar surface area (TPSA) is 62.7 Å². The first-order valence-corrected chi connectivity index (χ1v) is 17.3. The molecule has 0 saturated heterocycles. The molecule has 1 atom stereocenters. The Morgan fingerprint density at radius 2 is 0.706 bits per heavy atom. The molecule has 1 unspecified atom stereocenters. The molecule has 6 heteroatoms. The standard InChI is InChI=1S/C40H30N4.C5H6NP/c1-5-15-29(16-6-1)37-25-33(26-38(43-37)30-17-7-2-8-18-30)41-35-23-13-14-24-36(35)42-34-27-39(31-19-9-3-10-20-31)44-40(28-34)32-21-11-4-12-22-32;7-5-2-1-3-6-4-5/h1-28H,(H,41,43)(H,42,44);1-4H,7H2. The highest BCUT2D eigenvalue weighted by molar-refractivity contribution is 7.27. The van der Waals surface area contributed by atoms with Crippen LogP contribution in [0.5, 0.6) is 0 Å². The average Bonchev–Trinajstić information content (AvgIpc) is 3.20. The zero-order valence-electron chi connectivity index (χ0n) is 27.9. The Morgan fingerprint density at radius 3 is 0.980 bits per heavy atom. The monoisotopic (exact) mass is 677 g/mol. The van der Waals surface area contributed by atoms with Gasteiger partial charge in [0.25, 0.3) is 0 Å². The molecular weight excluding hydrogens is 642 g/mol. The molecule has 0 aliphatic heterocycles. The zero-order chi connectivity index (χ0) is 34.7. The van der Waals surface area contributed by atoms with Crippen LogP contribution in [-0.2, 0) is 0 Å². The van der Waals surface area contributed by atoms with E-state index in [0.717, 1.165) is 73.1 Å². The van der Waals surface area contributed by atoms with Gasteiger partial charge in [-0.2, -0.15) is 0 Å². The summed E-state index contributed by atoms with van der Waals surface area (Å²) in [6.45, 7) is 0. The van der Waals surface area contributed by atoms with Gasteiger partial charge in [0.1, 0.15) is 0 Å². The predicted molar refractivity (Wildman–Crippen MR) is 217 cm³/mol. The summed E-state index contributed by atoms with van der Waals surface area (Å²) in [4.78, 5) is 13.9. The SMILES string of the molecule is Pc1cccnc1.c1ccc(-c2cc(Nc3ccccc3Nc3cc(-c4ccccc4)nc(-c4ccccc4)c3)cc(-c3ccccc3)n2)cc1. The van der Waals surface area contributed by atoms with Gasteiger partial charge in [-0.1, -0.05) is 140 Å². The average molecular weight is 678 g/mol. The summed E-state index contributed by atoms with van der Waals surface area (Å²) in [7, 11) is 2.57. The van der Waals surface area contributed by atoms with Crippen molar-refractivity contribution in [2.75, 3.05) is 10.6 Å². The predicted octanol–water partition coefficient (Wildman–Crippen LogP) is 11.2. The smallest absolute Gasteiger partial charge is 0.0730 e. The highest BCUT2D eigenvalue weighted by atomic mass is 31.0. The van der Waals surface area contributed by atoms with Gasteiger partial charge in [0, 0.05) is 46.0 Å². The molecule has 0 radical (unpaired) electrons. The molecular formula is C45H36N5P. The maximum atomic E-state index is 5.02. The van der Waals surface area contributed by atoms with Crippen LogP contribution in [0.4, 0.5) is 22.7 Å². The van der Waals surface area contributed by atoms with Crippen molar-refractivity contribution < 1.29 is 0 Å². The van der Waals surface area contributed by atoms with E-state index in [1.807, 2.05) is 97.1 Å². The number of benzene rings is 5. The first-order valence-electron chi connectivity index (χ1n) is 16.7. The van der Waals surface area contributed by atoms with E-state index in [-0.39, 0.29) is 0 Å². The third-order valence-corrected chi connectivity index (χ3v) is 8.44. The Hall–Kier alpha value is -6.42. The van der Waals surface area contributed by atoms with Crippen molar-refractivity contribution >= 4 is 37.3 Å². The molecule has 5 aromatic carbocycles. The van der Waals surface area contributed by atoms with Gasteiger partial charge in [-0.3, -0.25) is 4.98 Å². The number of hydrogen-bond donors (Lipinski definition) is 2. The van der Waals surface area contributed by atoms with E-state index in [0.29, 0.717) is 0 Å². The van der Waals surface area contributed by atoms with E-state index in [1.165, 1.54) is 0 Å². The summed E-state index contributed by atoms with van der Waals surface area (Å²) in [5, 5.41) is 8.50. The second-order valence-electron chi connectivity index (χ2n) is 11.8. The van der Waals surface area contributed by atoms with Crippen LogP contribution in [0.2, 0.25) is 0 Å². The van der Waals surface area contributed by atoms with Gasteiger partial charge in [-0.15, -0.1) is 9.24 Å². The minimum absolute atomic E-state index is 0.911. The molecule has 0 aliphatic carbocycles. The lowest BCUT2D eigenvalue weighted by molar-refractivity contribution is 1.31. The van der Waals surface area contributed by atoms with Crippen molar-refractivity contribution in [1.29, 1.82) is 0 Å². The van der Waals surface area contributed by atoms with Crippen LogP contribution in [0.15, 0.2) is 194 Å². The van der Waals surface area contributed by atoms with Crippen molar-refractivity contribution in [2.24, 2.45) is 0 Å². The molecule has 5 nitrogen and oxygen atoms in total. The molecule has 3 heterocycles. The Balaban J connectivity index is 0.000000520. The number of rotatable bonds is 8. The van der Waals surface area contributed by atoms with Gasteiger partial charge in [0.05, 0.1) is 34.2 Å². The number of anilines is 4. The van der Waals surface area contributed by atoms with Crippen LogP contribution in [0, 0.1) is 0 Å². The van der Waals surface area contributed by atoms with E-state index in [9.17, 15) is 0 Å². The first kappa shape index (κ1) is 33.1. The van der Waals surface area contributed by atoms with Crippen molar-refractivity contribution in [1.82, 2.24) is 15.0 Å². The Bertz CT molecular complexity index is 2040. The van der Waals surface area contributed by atoms with E-state index >= 15 is 0 Å². The second-order valence-corrected chi connectivity index (χ2v) is 12.5. The number of hydrogen-bond acceptors (Lipinski definition) is 5. The normalized spacial score (nSPS) is 10.5. The van der Waals surface area contributed by atoms with Crippen LogP contribution >= 0.6 is 9.24 Å². The molecule has 0 spiro atoms. The molecule has 8 aromatic rings. The maximum absolute atomic E-state index is 5.02. The van der Waals surface area contributed by atoms with Crippen molar-refractivity contribution in [3.63, 3.8) is 0 Å². The van der Waals surface area contributed by atoms with E-state index in [2.05, 4.69) is 110 Å². The largest absolute Gasteiger partial charge is 0.354 e. The molecule has 0 saturated carbocycles. The molecule has 3 aromatic heterocycles. The molecule has 8 rings (SSSR count). The molecule has 2 N–H and O–H groups in total. The number of aromatic nitrogens is 3. The number of nitrogens with zero attached hydrogens (tertiary/aromatic N) is 3. The third kappa shape index (κ3) is 8.79. The fraction of sp³-hybridized carbons (Fsp3) is 0. The van der Waals surface area contributed by atoms with Gasteiger partial charge in [-0.05, 0) is 47.8 Å². The van der Waals surface area contributed by atoms with Crippen LogP contribution in [0.1, 0.15) is 0 Å². The van der Waals surface area contributed by atoms with E-state index in [1.54, 1.807) is 12.4 Å². The molecule has 0 fully saturated rings. The number of para-hydroxylation sites is 2. The summed E-state index contributed by atoms with van der Waals surface area (Å²) in [6.07, 6.45) is 3.55. The molecule has 0 bridgehead atoms. The highest BCUT2D eigenvalue weighted by Crippen LogP contribution is 2.34. The summed E-state index contributed by atoms with van der Waals surface area (Å²) in [6, 6.07) is 61.7. The molecule has 0 amide bonds. The van der Waals surface area contributed by atoms with Crippen molar-refractivity contribution in [3.05, 3.63) is 194 Å². The van der Waals surface area contributed by atoms with Gasteiger partial charge < -0.3 is 10.6 Å². The minimum Gasteiger partial charge on any atom is -0.354 e. The lowest BCUT2D eigenvalue weighted by Crippen LogP contribution is -2.00. The van der Waals surface area contributed by atoms with Crippen molar-refractivity contribution in [3.8, 4) is 45.0 Å². The first-order chi connectivity index (χ1) is 25.2. The zero-order valence-corrected chi connectivity index (χ0v) is 29.0. The highest BCUT2D eigenvalue weighted by Gasteiger charge is 2.12. The fourth-order valence-electron chi connectivity index (χ4n) is 5.62. The van der Waals surface area contributed by atoms with Crippen LogP contribution in [-0.4, -0.2) is 15.0 Å². The lowest BCUT2D eigenvalue weighted by atomic mass is 10.1. The second kappa shape index (κ2) is 16.3. The van der Waals surface area contributed by atoms with E-state index in [4.69, 9.17) is 9.97 Å². The fourth-order valence-corrected chi connectivity index (χ4v) is 5.82. The van der Waals surface area contributed by atoms with Crippen LogP contribution < -0.4 is 15.9 Å². The quantitative estimate of drug-likeness (QED) is 0.157.